The standard InChI is InChI=1S/C12H24F2N2O2/c1-7(2)8(12(6,15)9(13)14)16-10(17)18-11(3,4)5/h7-9H,15H2,1-6H3,(H,16,17). The van der Waals surface area contributed by atoms with Gasteiger partial charge in [-0.2, -0.15) is 0 Å². The summed E-state index contributed by atoms with van der Waals surface area (Å²) in [4.78, 5) is 11.6. The lowest BCUT2D eigenvalue weighted by Crippen LogP contribution is -2.63. The second-order valence-electron chi connectivity index (χ2n) is 6.03. The summed E-state index contributed by atoms with van der Waals surface area (Å²) >= 11 is 0. The lowest BCUT2D eigenvalue weighted by Gasteiger charge is -2.37. The number of halogens is 2. The molecule has 0 rings (SSSR count). The van der Waals surface area contributed by atoms with Crippen molar-refractivity contribution in [2.24, 2.45) is 11.7 Å². The highest BCUT2D eigenvalue weighted by molar-refractivity contribution is 5.68. The molecule has 108 valence electrons. The normalized spacial score (nSPS) is 17.5. The second kappa shape index (κ2) is 5.82. The Hall–Kier alpha value is -0.910. The molecule has 0 saturated heterocycles. The summed E-state index contributed by atoms with van der Waals surface area (Å²) < 4.78 is 30.8. The topological polar surface area (TPSA) is 64.3 Å². The molecule has 0 saturated carbocycles. The molecule has 2 atom stereocenters. The average molecular weight is 266 g/mol. The van der Waals surface area contributed by atoms with Gasteiger partial charge in [0.05, 0.1) is 11.6 Å². The summed E-state index contributed by atoms with van der Waals surface area (Å²) in [6.45, 7) is 9.76. The fraction of sp³-hybridized carbons (Fsp3) is 0.917. The van der Waals surface area contributed by atoms with Gasteiger partial charge in [0.2, 0.25) is 0 Å². The molecule has 0 spiro atoms. The zero-order valence-corrected chi connectivity index (χ0v) is 11.9. The van der Waals surface area contributed by atoms with E-state index in [0.717, 1.165) is 0 Å². The van der Waals surface area contributed by atoms with E-state index in [1.165, 1.54) is 6.92 Å². The van der Waals surface area contributed by atoms with Crippen LogP contribution in [0.15, 0.2) is 0 Å². The van der Waals surface area contributed by atoms with E-state index in [0.29, 0.717) is 0 Å². The predicted octanol–water partition coefficient (Wildman–Crippen LogP) is 2.52. The zero-order chi connectivity index (χ0) is 14.7. The maximum Gasteiger partial charge on any atom is 0.407 e. The molecule has 6 heteroatoms. The Kier molecular flexibility index (Phi) is 5.53. The molecule has 0 aromatic heterocycles. The molecule has 0 bridgehead atoms. The summed E-state index contributed by atoms with van der Waals surface area (Å²) in [5.41, 5.74) is 3.12. The SMILES string of the molecule is CC(C)C(NC(=O)OC(C)(C)C)C(C)(N)C(F)F. The minimum atomic E-state index is -2.74. The van der Waals surface area contributed by atoms with E-state index in [2.05, 4.69) is 5.32 Å². The van der Waals surface area contributed by atoms with Crippen molar-refractivity contribution in [2.75, 3.05) is 0 Å². The van der Waals surface area contributed by atoms with Crippen molar-refractivity contribution in [1.82, 2.24) is 5.32 Å². The van der Waals surface area contributed by atoms with Crippen LogP contribution in [0.25, 0.3) is 0 Å². The molecule has 0 aliphatic rings. The van der Waals surface area contributed by atoms with Gasteiger partial charge < -0.3 is 15.8 Å². The van der Waals surface area contributed by atoms with Gasteiger partial charge in [-0.3, -0.25) is 0 Å². The number of amides is 1. The number of rotatable bonds is 4. The lowest BCUT2D eigenvalue weighted by molar-refractivity contribution is 0.0163. The van der Waals surface area contributed by atoms with Crippen LogP contribution in [0.5, 0.6) is 0 Å². The minimum absolute atomic E-state index is 0.235. The van der Waals surface area contributed by atoms with Gasteiger partial charge in [-0.05, 0) is 33.6 Å². The number of ether oxygens (including phenoxy) is 1. The third-order valence-corrected chi connectivity index (χ3v) is 2.48. The summed E-state index contributed by atoms with van der Waals surface area (Å²) in [6.07, 6.45) is -3.47. The molecule has 1 amide bonds. The fourth-order valence-electron chi connectivity index (χ4n) is 1.61. The van der Waals surface area contributed by atoms with Crippen molar-refractivity contribution < 1.29 is 18.3 Å². The van der Waals surface area contributed by atoms with Gasteiger partial charge in [0, 0.05) is 0 Å². The third-order valence-electron chi connectivity index (χ3n) is 2.48. The molecule has 0 aliphatic heterocycles. The van der Waals surface area contributed by atoms with E-state index in [1.807, 2.05) is 0 Å². The Bertz CT molecular complexity index is 286. The van der Waals surface area contributed by atoms with Crippen LogP contribution in [-0.4, -0.2) is 29.7 Å². The fourth-order valence-corrected chi connectivity index (χ4v) is 1.61. The van der Waals surface area contributed by atoms with E-state index in [-0.39, 0.29) is 5.92 Å². The van der Waals surface area contributed by atoms with Crippen LogP contribution in [0.3, 0.4) is 0 Å². The maximum atomic E-state index is 12.9. The molecule has 0 aromatic rings. The monoisotopic (exact) mass is 266 g/mol. The van der Waals surface area contributed by atoms with Crippen LogP contribution in [-0.2, 0) is 4.74 Å². The van der Waals surface area contributed by atoms with Crippen LogP contribution >= 0.6 is 0 Å². The van der Waals surface area contributed by atoms with Gasteiger partial charge in [0.25, 0.3) is 6.43 Å². The van der Waals surface area contributed by atoms with Crippen LogP contribution in [0.2, 0.25) is 0 Å². The molecule has 0 heterocycles. The smallest absolute Gasteiger partial charge is 0.407 e. The minimum Gasteiger partial charge on any atom is -0.444 e. The number of alkyl carbamates (subject to hydrolysis) is 1. The zero-order valence-electron chi connectivity index (χ0n) is 11.9. The Morgan fingerprint density at radius 3 is 1.94 bits per heavy atom. The number of carbonyl (C=O) groups is 1. The van der Waals surface area contributed by atoms with Crippen LogP contribution in [0.4, 0.5) is 13.6 Å². The molecule has 0 radical (unpaired) electrons. The summed E-state index contributed by atoms with van der Waals surface area (Å²) in [7, 11) is 0. The van der Waals surface area contributed by atoms with Crippen LogP contribution in [0.1, 0.15) is 41.5 Å². The van der Waals surface area contributed by atoms with Gasteiger partial charge in [0.1, 0.15) is 5.60 Å². The van der Waals surface area contributed by atoms with E-state index in [1.54, 1.807) is 34.6 Å². The van der Waals surface area contributed by atoms with E-state index in [9.17, 15) is 13.6 Å². The van der Waals surface area contributed by atoms with Crippen LogP contribution in [0, 0.1) is 5.92 Å². The molecule has 3 N–H and O–H groups in total. The first-order valence-corrected chi connectivity index (χ1v) is 5.94. The van der Waals surface area contributed by atoms with Crippen LogP contribution < -0.4 is 11.1 Å². The van der Waals surface area contributed by atoms with Crippen molar-refractivity contribution in [3.8, 4) is 0 Å². The highest BCUT2D eigenvalue weighted by atomic mass is 19.3. The van der Waals surface area contributed by atoms with E-state index >= 15 is 0 Å². The molecule has 2 unspecified atom stereocenters. The van der Waals surface area contributed by atoms with Gasteiger partial charge in [-0.15, -0.1) is 0 Å². The van der Waals surface area contributed by atoms with Crippen molar-refractivity contribution >= 4 is 6.09 Å². The third kappa shape index (κ3) is 5.16. The second-order valence-corrected chi connectivity index (χ2v) is 6.03. The summed E-state index contributed by atoms with van der Waals surface area (Å²) in [5.74, 6) is -0.235. The number of carbonyl (C=O) groups excluding carboxylic acids is 1. The van der Waals surface area contributed by atoms with E-state index < -0.39 is 29.7 Å². The predicted molar refractivity (Wildman–Crippen MR) is 66.6 cm³/mol. The molecular formula is C12H24F2N2O2. The van der Waals surface area contributed by atoms with Gasteiger partial charge in [0.15, 0.2) is 0 Å². The van der Waals surface area contributed by atoms with Crippen molar-refractivity contribution in [1.29, 1.82) is 0 Å². The summed E-state index contributed by atoms with van der Waals surface area (Å²) in [5, 5.41) is 2.43. The number of hydrogen-bond donors (Lipinski definition) is 2. The first-order chi connectivity index (χ1) is 7.88. The molecule has 0 aromatic carbocycles. The molecule has 4 nitrogen and oxygen atoms in total. The first-order valence-electron chi connectivity index (χ1n) is 5.94. The number of nitrogens with one attached hydrogen (secondary N) is 1. The average Bonchev–Trinajstić information content (AvgIpc) is 2.10. The van der Waals surface area contributed by atoms with E-state index in [4.69, 9.17) is 10.5 Å². The Balaban J connectivity index is 4.81. The highest BCUT2D eigenvalue weighted by Gasteiger charge is 2.42. The Morgan fingerprint density at radius 2 is 1.67 bits per heavy atom. The highest BCUT2D eigenvalue weighted by Crippen LogP contribution is 2.22. The van der Waals surface area contributed by atoms with Gasteiger partial charge >= 0.3 is 6.09 Å². The van der Waals surface area contributed by atoms with Gasteiger partial charge in [-0.25, -0.2) is 13.6 Å². The quantitative estimate of drug-likeness (QED) is 0.821. The Labute approximate surface area is 107 Å². The van der Waals surface area contributed by atoms with Gasteiger partial charge in [-0.1, -0.05) is 13.8 Å². The molecular weight excluding hydrogens is 242 g/mol. The molecule has 0 fully saturated rings. The largest absolute Gasteiger partial charge is 0.444 e. The van der Waals surface area contributed by atoms with Crippen molar-refractivity contribution in [3.63, 3.8) is 0 Å². The van der Waals surface area contributed by atoms with Crippen molar-refractivity contribution in [2.45, 2.75) is 65.1 Å². The molecule has 0 aliphatic carbocycles. The van der Waals surface area contributed by atoms with Crippen molar-refractivity contribution in [3.05, 3.63) is 0 Å². The molecule has 18 heavy (non-hydrogen) atoms. The first kappa shape index (κ1) is 17.1. The maximum absolute atomic E-state index is 12.9. The number of nitrogens with two attached hydrogens (primary N) is 1. The number of hydrogen-bond acceptors (Lipinski definition) is 3. The Morgan fingerprint density at radius 1 is 1.22 bits per heavy atom. The number of alkyl halides is 2. The lowest BCUT2D eigenvalue weighted by atomic mass is 9.86. The summed E-state index contributed by atoms with van der Waals surface area (Å²) in [6, 6.07) is -0.868.